The monoisotopic (exact) mass is 291 g/mol. The molecule has 0 spiro atoms. The number of aryl methyl sites for hydroxylation is 1. The van der Waals surface area contributed by atoms with Gasteiger partial charge in [0.1, 0.15) is 0 Å². The number of aliphatic hydroxyl groups excluding tert-OH is 1. The summed E-state index contributed by atoms with van der Waals surface area (Å²) in [6.07, 6.45) is 1.26. The predicted octanol–water partition coefficient (Wildman–Crippen LogP) is 1.73. The van der Waals surface area contributed by atoms with Crippen LogP contribution in [0.15, 0.2) is 18.2 Å². The van der Waals surface area contributed by atoms with Crippen LogP contribution >= 0.6 is 0 Å². The minimum absolute atomic E-state index is 0.0981. The van der Waals surface area contributed by atoms with Gasteiger partial charge in [-0.15, -0.1) is 0 Å². The second-order valence-electron chi connectivity index (χ2n) is 5.93. The van der Waals surface area contributed by atoms with Crippen molar-refractivity contribution in [1.29, 1.82) is 0 Å². The van der Waals surface area contributed by atoms with Gasteiger partial charge in [0.2, 0.25) is 0 Å². The first-order valence-corrected chi connectivity index (χ1v) is 7.45. The van der Waals surface area contributed by atoms with Crippen molar-refractivity contribution < 1.29 is 9.90 Å². The molecule has 5 nitrogen and oxygen atoms in total. The summed E-state index contributed by atoms with van der Waals surface area (Å²) in [6.45, 7) is 3.71. The van der Waals surface area contributed by atoms with E-state index in [-0.39, 0.29) is 12.1 Å². The third kappa shape index (κ3) is 4.11. The molecule has 0 radical (unpaired) electrons. The summed E-state index contributed by atoms with van der Waals surface area (Å²) < 4.78 is 0. The molecule has 2 rings (SSSR count). The van der Waals surface area contributed by atoms with E-state index in [2.05, 4.69) is 35.3 Å². The highest BCUT2D eigenvalue weighted by molar-refractivity contribution is 5.74. The average Bonchev–Trinajstić information content (AvgIpc) is 2.45. The first kappa shape index (κ1) is 15.6. The summed E-state index contributed by atoms with van der Waals surface area (Å²) in [5.41, 5.74) is 3.42. The van der Waals surface area contributed by atoms with Gasteiger partial charge in [-0.1, -0.05) is 12.1 Å². The van der Waals surface area contributed by atoms with Crippen LogP contribution in [0.5, 0.6) is 0 Å². The molecule has 0 bridgehead atoms. The van der Waals surface area contributed by atoms with Gasteiger partial charge < -0.3 is 20.2 Å². The van der Waals surface area contributed by atoms with Gasteiger partial charge in [-0.3, -0.25) is 0 Å². The van der Waals surface area contributed by atoms with Gasteiger partial charge in [-0.05, 0) is 37.0 Å². The van der Waals surface area contributed by atoms with Crippen LogP contribution in [0, 0.1) is 6.92 Å². The average molecular weight is 291 g/mol. The van der Waals surface area contributed by atoms with Gasteiger partial charge in [-0.25, -0.2) is 4.79 Å². The topological polar surface area (TPSA) is 55.8 Å². The minimum Gasteiger partial charge on any atom is -0.391 e. The Morgan fingerprint density at radius 2 is 2.24 bits per heavy atom. The quantitative estimate of drug-likeness (QED) is 0.891. The molecule has 5 heteroatoms. The Bertz CT molecular complexity index is 502. The Kier molecular flexibility index (Phi) is 5.07. The van der Waals surface area contributed by atoms with Crippen LogP contribution in [0.3, 0.4) is 0 Å². The normalized spacial score (nSPS) is 18.5. The lowest BCUT2D eigenvalue weighted by Gasteiger charge is -2.30. The number of carbonyl (C=O) groups is 1. The number of carbonyl (C=O) groups excluding carboxylic acids is 1. The molecule has 1 unspecified atom stereocenters. The zero-order chi connectivity index (χ0) is 15.4. The van der Waals surface area contributed by atoms with Crippen LogP contribution in [0.1, 0.15) is 24.0 Å². The molecule has 1 heterocycles. The van der Waals surface area contributed by atoms with E-state index in [9.17, 15) is 9.90 Å². The number of β-amino-alcohol motifs (C(OH)–C–C–N with tert-alkyl or cyclic N) is 1. The second kappa shape index (κ2) is 6.80. The lowest BCUT2D eigenvalue weighted by Crippen LogP contribution is -2.46. The largest absolute Gasteiger partial charge is 0.391 e. The summed E-state index contributed by atoms with van der Waals surface area (Å²) in [5.74, 6) is 0. The zero-order valence-electron chi connectivity index (χ0n) is 13.1. The number of nitrogens with zero attached hydrogens (tertiary/aromatic N) is 2. The molecule has 1 fully saturated rings. The van der Waals surface area contributed by atoms with Crippen LogP contribution in [0.4, 0.5) is 10.5 Å². The summed E-state index contributed by atoms with van der Waals surface area (Å²) >= 11 is 0. The Morgan fingerprint density at radius 1 is 1.48 bits per heavy atom. The molecule has 0 aliphatic carbocycles. The molecule has 116 valence electrons. The molecule has 1 aliphatic rings. The van der Waals surface area contributed by atoms with E-state index in [1.165, 1.54) is 5.56 Å². The maximum atomic E-state index is 12.2. The van der Waals surface area contributed by atoms with Crippen molar-refractivity contribution in [2.75, 3.05) is 32.1 Å². The van der Waals surface area contributed by atoms with E-state index >= 15 is 0 Å². The molecule has 2 N–H and O–H groups in total. The van der Waals surface area contributed by atoms with Crippen LogP contribution in [0.2, 0.25) is 0 Å². The van der Waals surface area contributed by atoms with E-state index in [0.29, 0.717) is 13.1 Å². The summed E-state index contributed by atoms with van der Waals surface area (Å²) in [7, 11) is 4.00. The smallest absolute Gasteiger partial charge is 0.317 e. The molecule has 1 aromatic carbocycles. The van der Waals surface area contributed by atoms with Gasteiger partial charge in [0.15, 0.2) is 0 Å². The number of rotatable bonds is 3. The SMILES string of the molecule is Cc1ccc(CNC(=O)N2CCCC(O)C2)c(N(C)C)c1. The maximum absolute atomic E-state index is 12.2. The van der Waals surface area contributed by atoms with Crippen molar-refractivity contribution in [1.82, 2.24) is 10.2 Å². The van der Waals surface area contributed by atoms with E-state index in [1.54, 1.807) is 4.90 Å². The number of likely N-dealkylation sites (tertiary alicyclic amines) is 1. The van der Waals surface area contributed by atoms with Gasteiger partial charge in [0, 0.05) is 39.4 Å². The number of hydrogen-bond donors (Lipinski definition) is 2. The number of piperidine rings is 1. The zero-order valence-corrected chi connectivity index (χ0v) is 13.1. The maximum Gasteiger partial charge on any atom is 0.317 e. The van der Waals surface area contributed by atoms with E-state index < -0.39 is 0 Å². The van der Waals surface area contributed by atoms with Gasteiger partial charge in [0.25, 0.3) is 0 Å². The van der Waals surface area contributed by atoms with Crippen LogP contribution < -0.4 is 10.2 Å². The summed E-state index contributed by atoms with van der Waals surface area (Å²) in [6, 6.07) is 6.13. The Balaban J connectivity index is 1.98. The molecule has 1 atom stereocenters. The highest BCUT2D eigenvalue weighted by atomic mass is 16.3. The highest BCUT2D eigenvalue weighted by Crippen LogP contribution is 2.20. The highest BCUT2D eigenvalue weighted by Gasteiger charge is 2.21. The van der Waals surface area contributed by atoms with Crippen molar-refractivity contribution in [3.05, 3.63) is 29.3 Å². The Morgan fingerprint density at radius 3 is 2.90 bits per heavy atom. The second-order valence-corrected chi connectivity index (χ2v) is 5.93. The predicted molar refractivity (Wildman–Crippen MR) is 84.6 cm³/mol. The Labute approximate surface area is 126 Å². The number of nitrogens with one attached hydrogen (secondary N) is 1. The Hall–Kier alpha value is -1.75. The van der Waals surface area contributed by atoms with Crippen molar-refractivity contribution in [3.63, 3.8) is 0 Å². The third-order valence-corrected chi connectivity index (χ3v) is 3.84. The molecular weight excluding hydrogens is 266 g/mol. The number of hydrogen-bond acceptors (Lipinski definition) is 3. The standard InChI is InChI=1S/C16H25N3O2/c1-12-6-7-13(15(9-12)18(2)3)10-17-16(21)19-8-4-5-14(20)11-19/h6-7,9,14,20H,4-5,8,10-11H2,1-3H3,(H,17,21). The molecule has 1 saturated heterocycles. The lowest BCUT2D eigenvalue weighted by molar-refractivity contribution is 0.0842. The van der Waals surface area contributed by atoms with Crippen LogP contribution in [-0.2, 0) is 6.54 Å². The van der Waals surface area contributed by atoms with Crippen molar-refractivity contribution in [3.8, 4) is 0 Å². The first-order valence-electron chi connectivity index (χ1n) is 7.45. The van der Waals surface area contributed by atoms with Crippen molar-refractivity contribution >= 4 is 11.7 Å². The molecule has 21 heavy (non-hydrogen) atoms. The fourth-order valence-corrected chi connectivity index (χ4v) is 2.66. The molecule has 1 aromatic rings. The van der Waals surface area contributed by atoms with Crippen molar-refractivity contribution in [2.24, 2.45) is 0 Å². The molecule has 0 aromatic heterocycles. The summed E-state index contributed by atoms with van der Waals surface area (Å²) in [4.78, 5) is 15.9. The fraction of sp³-hybridized carbons (Fsp3) is 0.562. The number of amides is 2. The molecule has 2 amide bonds. The van der Waals surface area contributed by atoms with Gasteiger partial charge in [-0.2, -0.15) is 0 Å². The number of anilines is 1. The summed E-state index contributed by atoms with van der Waals surface area (Å²) in [5, 5.41) is 12.6. The van der Waals surface area contributed by atoms with Gasteiger partial charge in [0.05, 0.1) is 6.10 Å². The van der Waals surface area contributed by atoms with E-state index in [4.69, 9.17) is 0 Å². The first-order chi connectivity index (χ1) is 9.97. The van der Waals surface area contributed by atoms with Crippen molar-refractivity contribution in [2.45, 2.75) is 32.4 Å². The fourth-order valence-electron chi connectivity index (χ4n) is 2.66. The molecule has 1 aliphatic heterocycles. The van der Waals surface area contributed by atoms with Crippen LogP contribution in [0.25, 0.3) is 0 Å². The number of urea groups is 1. The third-order valence-electron chi connectivity index (χ3n) is 3.84. The molecule has 0 saturated carbocycles. The van der Waals surface area contributed by atoms with Gasteiger partial charge >= 0.3 is 6.03 Å². The molecular formula is C16H25N3O2. The number of benzene rings is 1. The van der Waals surface area contributed by atoms with E-state index in [1.807, 2.05) is 14.1 Å². The lowest BCUT2D eigenvalue weighted by atomic mass is 10.1. The van der Waals surface area contributed by atoms with Crippen LogP contribution in [-0.4, -0.2) is 49.3 Å². The number of aliphatic hydroxyl groups is 1. The van der Waals surface area contributed by atoms with E-state index in [0.717, 1.165) is 30.6 Å². The minimum atomic E-state index is -0.388.